The van der Waals surface area contributed by atoms with Crippen LogP contribution in [0.5, 0.6) is 0 Å². The second-order valence-electron chi connectivity index (χ2n) is 4.80. The summed E-state index contributed by atoms with van der Waals surface area (Å²) in [5.74, 6) is 0.662. The molecule has 0 saturated heterocycles. The topological polar surface area (TPSA) is 46.3 Å². The lowest BCUT2D eigenvalue weighted by atomic mass is 10.1. The first-order valence-corrected chi connectivity index (χ1v) is 6.51. The number of aromatic nitrogens is 1. The second-order valence-corrected chi connectivity index (χ2v) is 4.80. The highest BCUT2D eigenvalue weighted by molar-refractivity contribution is 5.58. The van der Waals surface area contributed by atoms with Crippen molar-refractivity contribution in [3.63, 3.8) is 0 Å². The van der Waals surface area contributed by atoms with Crippen LogP contribution >= 0.6 is 0 Å². The van der Waals surface area contributed by atoms with Crippen LogP contribution in [-0.2, 0) is 0 Å². The van der Waals surface area contributed by atoms with Crippen molar-refractivity contribution in [2.24, 2.45) is 0 Å². The molecule has 0 amide bonds. The van der Waals surface area contributed by atoms with Crippen LogP contribution in [0.1, 0.15) is 22.9 Å². The number of rotatable bonds is 3. The molecule has 20 heavy (non-hydrogen) atoms. The molecule has 0 spiro atoms. The van der Waals surface area contributed by atoms with Gasteiger partial charge in [-0.1, -0.05) is 65.3 Å². The number of aliphatic hydroxyl groups is 1. The van der Waals surface area contributed by atoms with Gasteiger partial charge >= 0.3 is 0 Å². The molecule has 0 saturated carbocycles. The SMILES string of the molecule is Cc1ccc(-c2cc(C(O)c3ccccc3)no2)cc1. The van der Waals surface area contributed by atoms with Gasteiger partial charge in [0.25, 0.3) is 0 Å². The highest BCUT2D eigenvalue weighted by Crippen LogP contribution is 2.26. The molecule has 1 atom stereocenters. The quantitative estimate of drug-likeness (QED) is 0.784. The van der Waals surface area contributed by atoms with Crippen molar-refractivity contribution in [2.75, 3.05) is 0 Å². The minimum absolute atomic E-state index is 0.520. The summed E-state index contributed by atoms with van der Waals surface area (Å²) in [4.78, 5) is 0. The molecule has 1 heterocycles. The van der Waals surface area contributed by atoms with Crippen molar-refractivity contribution in [3.8, 4) is 11.3 Å². The molecule has 0 bridgehead atoms. The molecule has 0 aliphatic heterocycles. The van der Waals surface area contributed by atoms with Crippen LogP contribution in [0.15, 0.2) is 65.2 Å². The van der Waals surface area contributed by atoms with Crippen LogP contribution in [0.25, 0.3) is 11.3 Å². The maximum atomic E-state index is 10.3. The fourth-order valence-corrected chi connectivity index (χ4v) is 2.08. The third kappa shape index (κ3) is 2.49. The Balaban J connectivity index is 1.89. The van der Waals surface area contributed by atoms with E-state index in [0.717, 1.165) is 11.1 Å². The Morgan fingerprint density at radius 1 is 1.00 bits per heavy atom. The Morgan fingerprint density at radius 3 is 2.40 bits per heavy atom. The smallest absolute Gasteiger partial charge is 0.167 e. The molecule has 0 fully saturated rings. The van der Waals surface area contributed by atoms with E-state index in [2.05, 4.69) is 5.16 Å². The monoisotopic (exact) mass is 265 g/mol. The van der Waals surface area contributed by atoms with Gasteiger partial charge in [-0.05, 0) is 12.5 Å². The zero-order valence-corrected chi connectivity index (χ0v) is 11.2. The van der Waals surface area contributed by atoms with E-state index in [1.54, 1.807) is 6.07 Å². The maximum absolute atomic E-state index is 10.3. The van der Waals surface area contributed by atoms with Gasteiger partial charge in [-0.25, -0.2) is 0 Å². The summed E-state index contributed by atoms with van der Waals surface area (Å²) in [6.07, 6.45) is -0.765. The van der Waals surface area contributed by atoms with Gasteiger partial charge in [0.2, 0.25) is 0 Å². The summed E-state index contributed by atoms with van der Waals surface area (Å²) in [6.45, 7) is 2.04. The third-order valence-corrected chi connectivity index (χ3v) is 3.26. The second kappa shape index (κ2) is 5.31. The molecule has 100 valence electrons. The highest BCUT2D eigenvalue weighted by Gasteiger charge is 2.16. The van der Waals surface area contributed by atoms with Crippen LogP contribution in [-0.4, -0.2) is 10.3 Å². The van der Waals surface area contributed by atoms with E-state index in [4.69, 9.17) is 4.52 Å². The first-order chi connectivity index (χ1) is 9.74. The van der Waals surface area contributed by atoms with E-state index in [-0.39, 0.29) is 0 Å². The predicted octanol–water partition coefficient (Wildman–Crippen LogP) is 3.73. The van der Waals surface area contributed by atoms with Crippen molar-refractivity contribution in [2.45, 2.75) is 13.0 Å². The van der Waals surface area contributed by atoms with Gasteiger partial charge in [0.05, 0.1) is 0 Å². The Kier molecular flexibility index (Phi) is 3.35. The van der Waals surface area contributed by atoms with Gasteiger partial charge < -0.3 is 9.63 Å². The van der Waals surface area contributed by atoms with Crippen molar-refractivity contribution in [3.05, 3.63) is 77.5 Å². The van der Waals surface area contributed by atoms with Gasteiger partial charge in [-0.3, -0.25) is 0 Å². The minimum atomic E-state index is -0.765. The largest absolute Gasteiger partial charge is 0.382 e. The van der Waals surface area contributed by atoms with Gasteiger partial charge in [0.1, 0.15) is 11.8 Å². The third-order valence-electron chi connectivity index (χ3n) is 3.26. The van der Waals surface area contributed by atoms with Crippen molar-refractivity contribution in [1.82, 2.24) is 5.16 Å². The van der Waals surface area contributed by atoms with E-state index in [0.29, 0.717) is 11.5 Å². The van der Waals surface area contributed by atoms with E-state index in [9.17, 15) is 5.11 Å². The number of hydrogen-bond acceptors (Lipinski definition) is 3. The summed E-state index contributed by atoms with van der Waals surface area (Å²) in [5, 5.41) is 14.2. The van der Waals surface area contributed by atoms with Crippen molar-refractivity contribution < 1.29 is 9.63 Å². The van der Waals surface area contributed by atoms with Crippen molar-refractivity contribution >= 4 is 0 Å². The van der Waals surface area contributed by atoms with Gasteiger partial charge in [0.15, 0.2) is 5.76 Å². The maximum Gasteiger partial charge on any atom is 0.167 e. The molecule has 3 aromatic rings. The van der Waals surface area contributed by atoms with Crippen LogP contribution in [0.3, 0.4) is 0 Å². The number of benzene rings is 2. The van der Waals surface area contributed by atoms with Crippen LogP contribution in [0.4, 0.5) is 0 Å². The lowest BCUT2D eigenvalue weighted by molar-refractivity contribution is 0.208. The first-order valence-electron chi connectivity index (χ1n) is 6.51. The Labute approximate surface area is 117 Å². The normalized spacial score (nSPS) is 12.3. The summed E-state index contributed by atoms with van der Waals surface area (Å²) < 4.78 is 5.32. The van der Waals surface area contributed by atoms with Crippen LogP contribution < -0.4 is 0 Å². The molecule has 1 unspecified atom stereocenters. The van der Waals surface area contributed by atoms with Gasteiger partial charge in [0, 0.05) is 11.6 Å². The Morgan fingerprint density at radius 2 is 1.70 bits per heavy atom. The molecule has 3 nitrogen and oxygen atoms in total. The standard InChI is InChI=1S/C17H15NO2/c1-12-7-9-13(10-8-12)16-11-15(18-20-16)17(19)14-5-3-2-4-6-14/h2-11,17,19H,1H3. The minimum Gasteiger partial charge on any atom is -0.382 e. The fraction of sp³-hybridized carbons (Fsp3) is 0.118. The molecule has 0 aliphatic carbocycles. The molecule has 0 aliphatic rings. The van der Waals surface area contributed by atoms with Crippen molar-refractivity contribution in [1.29, 1.82) is 0 Å². The molecule has 0 radical (unpaired) electrons. The lowest BCUT2D eigenvalue weighted by Gasteiger charge is -2.05. The summed E-state index contributed by atoms with van der Waals surface area (Å²) >= 11 is 0. The summed E-state index contributed by atoms with van der Waals surface area (Å²) in [6, 6.07) is 19.2. The molecule has 2 aromatic carbocycles. The Bertz CT molecular complexity index is 687. The molecular formula is C17H15NO2. The van der Waals surface area contributed by atoms with Crippen LogP contribution in [0, 0.1) is 6.92 Å². The predicted molar refractivity (Wildman–Crippen MR) is 77.2 cm³/mol. The number of aryl methyl sites for hydroxylation is 1. The number of hydrogen-bond donors (Lipinski definition) is 1. The molecule has 1 N–H and O–H groups in total. The highest BCUT2D eigenvalue weighted by atomic mass is 16.5. The lowest BCUT2D eigenvalue weighted by Crippen LogP contribution is -1.98. The summed E-state index contributed by atoms with van der Waals surface area (Å²) in [7, 11) is 0. The number of nitrogens with zero attached hydrogens (tertiary/aromatic N) is 1. The van der Waals surface area contributed by atoms with Crippen LogP contribution in [0.2, 0.25) is 0 Å². The summed E-state index contributed by atoms with van der Waals surface area (Å²) in [5.41, 5.74) is 3.47. The number of aliphatic hydroxyl groups excluding tert-OH is 1. The van der Waals surface area contributed by atoms with Gasteiger partial charge in [-0.15, -0.1) is 0 Å². The van der Waals surface area contributed by atoms with E-state index >= 15 is 0 Å². The van der Waals surface area contributed by atoms with E-state index < -0.39 is 6.10 Å². The van der Waals surface area contributed by atoms with E-state index in [1.165, 1.54) is 5.56 Å². The zero-order valence-electron chi connectivity index (χ0n) is 11.2. The Hall–Kier alpha value is -2.39. The average molecular weight is 265 g/mol. The van der Waals surface area contributed by atoms with E-state index in [1.807, 2.05) is 61.5 Å². The molecule has 3 heteroatoms. The first kappa shape index (κ1) is 12.6. The molecule has 3 rings (SSSR count). The molecule has 1 aromatic heterocycles. The zero-order chi connectivity index (χ0) is 13.9. The molecular weight excluding hydrogens is 250 g/mol. The van der Waals surface area contributed by atoms with Gasteiger partial charge in [-0.2, -0.15) is 0 Å². The fourth-order valence-electron chi connectivity index (χ4n) is 2.08. The average Bonchev–Trinajstić information content (AvgIpc) is 2.98.